The van der Waals surface area contributed by atoms with E-state index in [2.05, 4.69) is 47.1 Å². The summed E-state index contributed by atoms with van der Waals surface area (Å²) in [4.78, 5) is 8.64. The Hall–Kier alpha value is -1.58. The highest BCUT2D eigenvalue weighted by Crippen LogP contribution is 2.19. The van der Waals surface area contributed by atoms with Gasteiger partial charge in [-0.15, -0.1) is 0 Å². The Balaban J connectivity index is 2.05. The summed E-state index contributed by atoms with van der Waals surface area (Å²) < 4.78 is 0. The first-order chi connectivity index (χ1) is 10.1. The Kier molecular flexibility index (Phi) is 6.03. The van der Waals surface area contributed by atoms with Crippen molar-refractivity contribution in [3.63, 3.8) is 0 Å². The topological polar surface area (TPSA) is 19.4 Å². The lowest BCUT2D eigenvalue weighted by atomic mass is 10.2. The van der Waals surface area contributed by atoms with Crippen molar-refractivity contribution in [2.45, 2.75) is 6.42 Å². The second-order valence-electron chi connectivity index (χ2n) is 5.38. The van der Waals surface area contributed by atoms with Crippen LogP contribution >= 0.6 is 11.6 Å². The fourth-order valence-electron chi connectivity index (χ4n) is 2.18. The van der Waals surface area contributed by atoms with Crippen molar-refractivity contribution in [2.24, 2.45) is 0 Å². The molecule has 1 heterocycles. The standard InChI is InChI=1S/C17H22ClN3/c1-20(2)12-13-21(17-5-3-4-16(18)14-17)11-8-15-6-9-19-10-7-15/h3-7,9-10,14H,8,11-13H2,1-2H3. The number of nitrogens with zero attached hydrogens (tertiary/aromatic N) is 3. The minimum absolute atomic E-state index is 0.784. The maximum absolute atomic E-state index is 6.12. The van der Waals surface area contributed by atoms with Gasteiger partial charge in [-0.1, -0.05) is 17.7 Å². The molecule has 2 rings (SSSR count). The number of benzene rings is 1. The van der Waals surface area contributed by atoms with Gasteiger partial charge in [-0.05, 0) is 56.4 Å². The molecule has 21 heavy (non-hydrogen) atoms. The summed E-state index contributed by atoms with van der Waals surface area (Å²) in [5.74, 6) is 0. The average Bonchev–Trinajstić information content (AvgIpc) is 2.48. The van der Waals surface area contributed by atoms with Crippen LogP contribution in [0, 0.1) is 0 Å². The number of anilines is 1. The maximum atomic E-state index is 6.12. The first-order valence-electron chi connectivity index (χ1n) is 7.19. The molecule has 0 aliphatic rings. The van der Waals surface area contributed by atoms with E-state index in [1.165, 1.54) is 11.3 Å². The van der Waals surface area contributed by atoms with Crippen LogP contribution in [0.2, 0.25) is 5.02 Å². The summed E-state index contributed by atoms with van der Waals surface area (Å²) >= 11 is 6.12. The molecule has 0 N–H and O–H groups in total. The highest BCUT2D eigenvalue weighted by Gasteiger charge is 2.08. The third kappa shape index (κ3) is 5.37. The van der Waals surface area contributed by atoms with Crippen LogP contribution in [0.5, 0.6) is 0 Å². The van der Waals surface area contributed by atoms with E-state index in [0.29, 0.717) is 0 Å². The van der Waals surface area contributed by atoms with Crippen molar-refractivity contribution >= 4 is 17.3 Å². The van der Waals surface area contributed by atoms with Crippen molar-refractivity contribution < 1.29 is 0 Å². The van der Waals surface area contributed by atoms with Crippen LogP contribution in [0.1, 0.15) is 5.56 Å². The van der Waals surface area contributed by atoms with Gasteiger partial charge in [0.15, 0.2) is 0 Å². The van der Waals surface area contributed by atoms with E-state index in [1.807, 2.05) is 30.6 Å². The molecule has 0 spiro atoms. The van der Waals surface area contributed by atoms with Crippen LogP contribution in [-0.4, -0.2) is 43.6 Å². The Bertz CT molecular complexity index is 543. The molecule has 0 aliphatic heterocycles. The van der Waals surface area contributed by atoms with Crippen molar-refractivity contribution in [2.75, 3.05) is 38.6 Å². The lowest BCUT2D eigenvalue weighted by Gasteiger charge is -2.26. The number of aromatic nitrogens is 1. The summed E-state index contributed by atoms with van der Waals surface area (Å²) in [6.07, 6.45) is 4.69. The minimum Gasteiger partial charge on any atom is -0.370 e. The monoisotopic (exact) mass is 303 g/mol. The molecule has 1 aromatic carbocycles. The summed E-state index contributed by atoms with van der Waals surface area (Å²) in [5, 5.41) is 0.784. The molecule has 112 valence electrons. The number of pyridine rings is 1. The first-order valence-corrected chi connectivity index (χ1v) is 7.57. The number of likely N-dealkylation sites (N-methyl/N-ethyl adjacent to an activating group) is 1. The molecule has 0 bridgehead atoms. The molecule has 4 heteroatoms. The lowest BCUT2D eigenvalue weighted by molar-refractivity contribution is 0.413. The molecule has 0 fully saturated rings. The molecule has 0 saturated carbocycles. The molecule has 0 atom stereocenters. The predicted molar refractivity (Wildman–Crippen MR) is 90.2 cm³/mol. The van der Waals surface area contributed by atoms with E-state index in [1.54, 1.807) is 0 Å². The zero-order chi connectivity index (χ0) is 15.1. The largest absolute Gasteiger partial charge is 0.370 e. The van der Waals surface area contributed by atoms with Crippen LogP contribution in [0.3, 0.4) is 0 Å². The fourth-order valence-corrected chi connectivity index (χ4v) is 2.36. The molecule has 0 unspecified atom stereocenters. The molecule has 0 saturated heterocycles. The maximum Gasteiger partial charge on any atom is 0.0426 e. The Morgan fingerprint density at radius 2 is 1.76 bits per heavy atom. The van der Waals surface area contributed by atoms with Gasteiger partial charge < -0.3 is 9.80 Å². The van der Waals surface area contributed by atoms with Crippen LogP contribution < -0.4 is 4.90 Å². The number of hydrogen-bond acceptors (Lipinski definition) is 3. The molecule has 1 aromatic heterocycles. The molecular weight excluding hydrogens is 282 g/mol. The zero-order valence-corrected chi connectivity index (χ0v) is 13.4. The molecule has 3 nitrogen and oxygen atoms in total. The molecule has 0 amide bonds. The fraction of sp³-hybridized carbons (Fsp3) is 0.353. The Labute approximate surface area is 132 Å². The lowest BCUT2D eigenvalue weighted by Crippen LogP contribution is -2.33. The van der Waals surface area contributed by atoms with Crippen LogP contribution in [0.15, 0.2) is 48.8 Å². The van der Waals surface area contributed by atoms with Crippen LogP contribution in [0.4, 0.5) is 5.69 Å². The smallest absolute Gasteiger partial charge is 0.0426 e. The van der Waals surface area contributed by atoms with E-state index in [9.17, 15) is 0 Å². The van der Waals surface area contributed by atoms with Crippen LogP contribution in [-0.2, 0) is 6.42 Å². The van der Waals surface area contributed by atoms with Gasteiger partial charge in [-0.2, -0.15) is 0 Å². The normalized spacial score (nSPS) is 10.9. The first kappa shape index (κ1) is 15.8. The van der Waals surface area contributed by atoms with Crippen molar-refractivity contribution in [1.29, 1.82) is 0 Å². The summed E-state index contributed by atoms with van der Waals surface area (Å²) in [5.41, 5.74) is 2.49. The zero-order valence-electron chi connectivity index (χ0n) is 12.7. The third-order valence-corrected chi connectivity index (χ3v) is 3.65. The average molecular weight is 304 g/mol. The van der Waals surface area contributed by atoms with Gasteiger partial charge in [0, 0.05) is 42.7 Å². The molecule has 0 aliphatic carbocycles. The van der Waals surface area contributed by atoms with Gasteiger partial charge in [0.05, 0.1) is 0 Å². The Morgan fingerprint density at radius 3 is 2.43 bits per heavy atom. The number of hydrogen-bond donors (Lipinski definition) is 0. The third-order valence-electron chi connectivity index (χ3n) is 3.41. The second-order valence-corrected chi connectivity index (χ2v) is 5.81. The van der Waals surface area contributed by atoms with E-state index < -0.39 is 0 Å². The van der Waals surface area contributed by atoms with Gasteiger partial charge >= 0.3 is 0 Å². The highest BCUT2D eigenvalue weighted by atomic mass is 35.5. The summed E-state index contributed by atoms with van der Waals surface area (Å²) in [6.45, 7) is 2.97. The second kappa shape index (κ2) is 8.01. The summed E-state index contributed by atoms with van der Waals surface area (Å²) in [7, 11) is 4.19. The van der Waals surface area contributed by atoms with Crippen LogP contribution in [0.25, 0.3) is 0 Å². The van der Waals surface area contributed by atoms with E-state index in [0.717, 1.165) is 31.1 Å². The molecule has 0 radical (unpaired) electrons. The van der Waals surface area contributed by atoms with Crippen molar-refractivity contribution in [1.82, 2.24) is 9.88 Å². The quantitative estimate of drug-likeness (QED) is 0.782. The SMILES string of the molecule is CN(C)CCN(CCc1ccncc1)c1cccc(Cl)c1. The summed E-state index contributed by atoms with van der Waals surface area (Å²) in [6, 6.07) is 12.2. The predicted octanol–water partition coefficient (Wildman–Crippen LogP) is 3.35. The highest BCUT2D eigenvalue weighted by molar-refractivity contribution is 6.30. The van der Waals surface area contributed by atoms with Crippen molar-refractivity contribution in [3.8, 4) is 0 Å². The molecule has 2 aromatic rings. The van der Waals surface area contributed by atoms with E-state index in [-0.39, 0.29) is 0 Å². The van der Waals surface area contributed by atoms with Gasteiger partial charge in [0.1, 0.15) is 0 Å². The molecular formula is C17H22ClN3. The minimum atomic E-state index is 0.784. The number of rotatable bonds is 7. The van der Waals surface area contributed by atoms with Gasteiger partial charge in [0.25, 0.3) is 0 Å². The number of halogens is 1. The van der Waals surface area contributed by atoms with E-state index >= 15 is 0 Å². The van der Waals surface area contributed by atoms with Crippen molar-refractivity contribution in [3.05, 3.63) is 59.4 Å². The van der Waals surface area contributed by atoms with Gasteiger partial charge in [-0.3, -0.25) is 4.98 Å². The Morgan fingerprint density at radius 1 is 1.00 bits per heavy atom. The van der Waals surface area contributed by atoms with E-state index in [4.69, 9.17) is 11.6 Å². The van der Waals surface area contributed by atoms with Gasteiger partial charge in [-0.25, -0.2) is 0 Å². The van der Waals surface area contributed by atoms with Gasteiger partial charge in [0.2, 0.25) is 0 Å².